The Hall–Kier alpha value is -1.11. The van der Waals surface area contributed by atoms with Gasteiger partial charge in [-0.3, -0.25) is 0 Å². The highest BCUT2D eigenvalue weighted by molar-refractivity contribution is 7.89. The zero-order chi connectivity index (χ0) is 15.3. The van der Waals surface area contributed by atoms with Crippen LogP contribution in [0.5, 0.6) is 0 Å². The zero-order valence-electron chi connectivity index (χ0n) is 12.6. The smallest absolute Gasteiger partial charge is 0.243 e. The maximum absolute atomic E-state index is 12.7. The summed E-state index contributed by atoms with van der Waals surface area (Å²) < 4.78 is 31.8. The monoisotopic (exact) mass is 300 g/mol. The van der Waals surface area contributed by atoms with E-state index in [1.165, 1.54) is 4.31 Å². The Kier molecular flexibility index (Phi) is 5.98. The number of sulfonamides is 1. The minimum atomic E-state index is -3.51. The van der Waals surface area contributed by atoms with Gasteiger partial charge in [0.25, 0.3) is 0 Å². The highest BCUT2D eigenvalue weighted by Gasteiger charge is 2.25. The quantitative estimate of drug-likeness (QED) is 0.780. The Morgan fingerprint density at radius 1 is 1.35 bits per heavy atom. The number of hydrogen-bond donors (Lipinski definition) is 1. The van der Waals surface area contributed by atoms with E-state index in [0.717, 1.165) is 5.56 Å². The van der Waals surface area contributed by atoms with Crippen LogP contribution in [-0.4, -0.2) is 39.5 Å². The summed E-state index contributed by atoms with van der Waals surface area (Å²) in [6.07, 6.45) is 0. The largest absolute Gasteiger partial charge is 0.399 e. The van der Waals surface area contributed by atoms with Crippen molar-refractivity contribution in [1.29, 1.82) is 0 Å². The first-order chi connectivity index (χ1) is 9.28. The number of anilines is 1. The van der Waals surface area contributed by atoms with Gasteiger partial charge in [0.2, 0.25) is 10.0 Å². The van der Waals surface area contributed by atoms with Crippen LogP contribution < -0.4 is 5.73 Å². The third kappa shape index (κ3) is 4.19. The summed E-state index contributed by atoms with van der Waals surface area (Å²) in [4.78, 5) is 0.279. The Balaban J connectivity index is 3.10. The maximum Gasteiger partial charge on any atom is 0.243 e. The molecule has 0 atom stereocenters. The van der Waals surface area contributed by atoms with Crippen molar-refractivity contribution in [1.82, 2.24) is 4.31 Å². The highest BCUT2D eigenvalue weighted by atomic mass is 32.2. The van der Waals surface area contributed by atoms with Crippen LogP contribution in [0, 0.1) is 12.8 Å². The molecule has 0 amide bonds. The summed E-state index contributed by atoms with van der Waals surface area (Å²) in [5, 5.41) is 0. The Bertz CT molecular complexity index is 541. The molecule has 0 aliphatic heterocycles. The van der Waals surface area contributed by atoms with Crippen LogP contribution in [-0.2, 0) is 14.8 Å². The van der Waals surface area contributed by atoms with Gasteiger partial charge in [0.05, 0.1) is 11.5 Å². The molecule has 1 aromatic rings. The van der Waals surface area contributed by atoms with Crippen molar-refractivity contribution in [2.45, 2.75) is 25.7 Å². The molecule has 20 heavy (non-hydrogen) atoms. The number of nitrogen functional groups attached to an aromatic ring is 1. The van der Waals surface area contributed by atoms with Crippen molar-refractivity contribution in [2.75, 3.05) is 32.5 Å². The van der Waals surface area contributed by atoms with Crippen molar-refractivity contribution in [3.63, 3.8) is 0 Å². The fraction of sp³-hybridized carbons (Fsp3) is 0.571. The number of nitrogens with zero attached hydrogens (tertiary/aromatic N) is 1. The third-order valence-electron chi connectivity index (χ3n) is 2.99. The predicted octanol–water partition coefficient (Wildman–Crippen LogP) is 1.87. The third-order valence-corrected chi connectivity index (χ3v) is 4.85. The van der Waals surface area contributed by atoms with E-state index in [9.17, 15) is 8.42 Å². The van der Waals surface area contributed by atoms with Crippen molar-refractivity contribution < 1.29 is 13.2 Å². The first kappa shape index (κ1) is 16.9. The fourth-order valence-corrected chi connectivity index (χ4v) is 3.54. The molecule has 6 heteroatoms. The molecule has 0 radical (unpaired) electrons. The standard InChI is InChI=1S/C14H24N2O3S/c1-11(2)10-16(7-8-19-4)20(17,18)13-5-6-14(15)12(3)9-13/h5-6,9,11H,7-8,10,15H2,1-4H3. The van der Waals surface area contributed by atoms with Crippen LogP contribution in [0.4, 0.5) is 5.69 Å². The Labute approximate surface area is 121 Å². The normalized spacial score (nSPS) is 12.3. The van der Waals surface area contributed by atoms with E-state index < -0.39 is 10.0 Å². The molecular formula is C14H24N2O3S. The molecule has 0 aliphatic carbocycles. The van der Waals surface area contributed by atoms with Crippen LogP contribution in [0.2, 0.25) is 0 Å². The molecule has 0 saturated heterocycles. The van der Waals surface area contributed by atoms with E-state index in [2.05, 4.69) is 0 Å². The van der Waals surface area contributed by atoms with Gasteiger partial charge >= 0.3 is 0 Å². The molecule has 114 valence electrons. The maximum atomic E-state index is 12.7. The van der Waals surface area contributed by atoms with E-state index in [1.54, 1.807) is 32.2 Å². The van der Waals surface area contributed by atoms with Gasteiger partial charge in [0.15, 0.2) is 0 Å². The van der Waals surface area contributed by atoms with Gasteiger partial charge in [-0.25, -0.2) is 8.42 Å². The van der Waals surface area contributed by atoms with Crippen molar-refractivity contribution in [3.8, 4) is 0 Å². The molecular weight excluding hydrogens is 276 g/mol. The van der Waals surface area contributed by atoms with E-state index >= 15 is 0 Å². The molecule has 0 bridgehead atoms. The van der Waals surface area contributed by atoms with Crippen LogP contribution in [0.3, 0.4) is 0 Å². The molecule has 1 aromatic carbocycles. The minimum absolute atomic E-state index is 0.247. The van der Waals surface area contributed by atoms with Crippen molar-refractivity contribution in [2.24, 2.45) is 5.92 Å². The van der Waals surface area contributed by atoms with E-state index in [1.807, 2.05) is 13.8 Å². The summed E-state index contributed by atoms with van der Waals surface area (Å²) in [6.45, 7) is 6.97. The second-order valence-electron chi connectivity index (χ2n) is 5.27. The molecule has 0 unspecified atom stereocenters. The Morgan fingerprint density at radius 2 is 2.00 bits per heavy atom. The lowest BCUT2D eigenvalue weighted by atomic mass is 10.2. The van der Waals surface area contributed by atoms with Crippen LogP contribution >= 0.6 is 0 Å². The van der Waals surface area contributed by atoms with Gasteiger partial charge in [0, 0.05) is 25.9 Å². The summed E-state index contributed by atoms with van der Waals surface area (Å²) in [5.74, 6) is 0.247. The predicted molar refractivity (Wildman–Crippen MR) is 81.1 cm³/mol. The average Bonchev–Trinajstić information content (AvgIpc) is 2.37. The van der Waals surface area contributed by atoms with Gasteiger partial charge in [-0.1, -0.05) is 13.8 Å². The summed E-state index contributed by atoms with van der Waals surface area (Å²) >= 11 is 0. The molecule has 0 saturated carbocycles. The Morgan fingerprint density at radius 3 is 2.50 bits per heavy atom. The molecule has 0 heterocycles. The lowest BCUT2D eigenvalue weighted by Gasteiger charge is -2.24. The molecule has 5 nitrogen and oxygen atoms in total. The second-order valence-corrected chi connectivity index (χ2v) is 7.21. The number of nitrogens with two attached hydrogens (primary N) is 1. The van der Waals surface area contributed by atoms with Crippen molar-refractivity contribution in [3.05, 3.63) is 23.8 Å². The second kappa shape index (κ2) is 7.06. The molecule has 0 fully saturated rings. The molecule has 1 rings (SSSR count). The molecule has 2 N–H and O–H groups in total. The topological polar surface area (TPSA) is 72.6 Å². The number of benzene rings is 1. The average molecular weight is 300 g/mol. The summed E-state index contributed by atoms with van der Waals surface area (Å²) in [7, 11) is -1.95. The summed E-state index contributed by atoms with van der Waals surface area (Å²) in [6, 6.07) is 4.80. The van der Waals surface area contributed by atoms with Crippen LogP contribution in [0.25, 0.3) is 0 Å². The lowest BCUT2D eigenvalue weighted by Crippen LogP contribution is -2.36. The fourth-order valence-electron chi connectivity index (χ4n) is 1.87. The SMILES string of the molecule is COCCN(CC(C)C)S(=O)(=O)c1ccc(N)c(C)c1. The number of ether oxygens (including phenoxy) is 1. The van der Waals surface area contributed by atoms with Gasteiger partial charge in [-0.2, -0.15) is 4.31 Å². The number of hydrogen-bond acceptors (Lipinski definition) is 4. The van der Waals surface area contributed by atoms with Gasteiger partial charge in [-0.15, -0.1) is 0 Å². The molecule has 0 spiro atoms. The van der Waals surface area contributed by atoms with Crippen LogP contribution in [0.1, 0.15) is 19.4 Å². The van der Waals surface area contributed by atoms with Gasteiger partial charge in [-0.05, 0) is 36.6 Å². The van der Waals surface area contributed by atoms with E-state index in [4.69, 9.17) is 10.5 Å². The van der Waals surface area contributed by atoms with Gasteiger partial charge in [0.1, 0.15) is 0 Å². The summed E-state index contributed by atoms with van der Waals surface area (Å²) in [5.41, 5.74) is 7.10. The number of methoxy groups -OCH3 is 1. The van der Waals surface area contributed by atoms with Crippen LogP contribution in [0.15, 0.2) is 23.1 Å². The molecule has 0 aromatic heterocycles. The van der Waals surface area contributed by atoms with Gasteiger partial charge < -0.3 is 10.5 Å². The zero-order valence-corrected chi connectivity index (χ0v) is 13.4. The lowest BCUT2D eigenvalue weighted by molar-refractivity contribution is 0.175. The number of aryl methyl sites for hydroxylation is 1. The highest BCUT2D eigenvalue weighted by Crippen LogP contribution is 2.21. The van der Waals surface area contributed by atoms with E-state index in [0.29, 0.717) is 25.4 Å². The first-order valence-corrected chi connectivity index (χ1v) is 8.08. The first-order valence-electron chi connectivity index (χ1n) is 6.64. The molecule has 0 aliphatic rings. The van der Waals surface area contributed by atoms with E-state index in [-0.39, 0.29) is 10.8 Å². The minimum Gasteiger partial charge on any atom is -0.399 e. The van der Waals surface area contributed by atoms with Crippen molar-refractivity contribution >= 4 is 15.7 Å². The number of rotatable bonds is 7.